The molecule has 0 fully saturated rings. The number of benzene rings is 6. The molecular formula is C34H22BeN2O2S2+2. The van der Waals surface area contributed by atoms with E-state index in [1.165, 1.54) is 0 Å². The maximum Gasteiger partial charge on any atom is 2.00 e. The maximum absolute atomic E-state index is 12.3. The van der Waals surface area contributed by atoms with Gasteiger partial charge in [-0.05, 0) is 33.7 Å². The Kier molecular flexibility index (Phi) is 7.21. The second-order valence-corrected chi connectivity index (χ2v) is 11.5. The van der Waals surface area contributed by atoms with Gasteiger partial charge in [0.05, 0.1) is 11.1 Å². The first kappa shape index (κ1) is 26.6. The zero-order valence-electron chi connectivity index (χ0n) is 21.9. The molecule has 8 aromatic rings. The number of rotatable bonds is 2. The van der Waals surface area contributed by atoms with Gasteiger partial charge in [-0.3, -0.25) is 0 Å². The van der Waals surface area contributed by atoms with Gasteiger partial charge in [-0.1, -0.05) is 131 Å². The minimum atomic E-state index is 0. The summed E-state index contributed by atoms with van der Waals surface area (Å²) in [7, 11) is 0. The summed E-state index contributed by atoms with van der Waals surface area (Å²) in [5.74, 6) is 0.123. The summed E-state index contributed by atoms with van der Waals surface area (Å²) in [6.45, 7) is 0. The fourth-order valence-electron chi connectivity index (χ4n) is 5.03. The molecule has 0 aliphatic rings. The number of hydrogen-bond acceptors (Lipinski definition) is 4. The van der Waals surface area contributed by atoms with Crippen molar-refractivity contribution in [3.63, 3.8) is 0 Å². The minimum absolute atomic E-state index is 0. The number of para-hydroxylation sites is 2. The summed E-state index contributed by atoms with van der Waals surface area (Å²) < 4.78 is 2.32. The smallest absolute Gasteiger partial charge is 0.872 e. The molecule has 2 heterocycles. The van der Waals surface area contributed by atoms with Crippen LogP contribution in [-0.2, 0) is 0 Å². The van der Waals surface area contributed by atoms with E-state index >= 15 is 0 Å². The fourth-order valence-corrected chi connectivity index (χ4v) is 7.17. The van der Waals surface area contributed by atoms with Gasteiger partial charge < -0.3 is 10.2 Å². The van der Waals surface area contributed by atoms with E-state index in [1.807, 2.05) is 97.1 Å². The topological polar surface area (TPSA) is 74.4 Å². The first-order chi connectivity index (χ1) is 19.7. The number of hydrogen-bond donors (Lipinski definition) is 0. The van der Waals surface area contributed by atoms with Gasteiger partial charge in [0.2, 0.25) is 11.0 Å². The third kappa shape index (κ3) is 4.94. The molecule has 7 heteroatoms. The first-order valence-electron chi connectivity index (χ1n) is 12.9. The van der Waals surface area contributed by atoms with Crippen molar-refractivity contribution < 1.29 is 20.2 Å². The molecule has 0 amide bonds. The zero-order valence-corrected chi connectivity index (χ0v) is 23.5. The number of fused-ring (bicyclic) bond motifs is 4. The van der Waals surface area contributed by atoms with E-state index in [9.17, 15) is 10.2 Å². The van der Waals surface area contributed by atoms with E-state index in [-0.39, 0.29) is 21.6 Å². The molecule has 41 heavy (non-hydrogen) atoms. The van der Waals surface area contributed by atoms with Gasteiger partial charge in [-0.2, -0.15) is 9.97 Å². The van der Waals surface area contributed by atoms with E-state index < -0.39 is 0 Å². The summed E-state index contributed by atoms with van der Waals surface area (Å²) in [6, 6.07) is 39.3. The van der Waals surface area contributed by atoms with Crippen LogP contribution in [0.15, 0.2) is 121 Å². The van der Waals surface area contributed by atoms with E-state index in [0.717, 1.165) is 63.1 Å². The Morgan fingerprint density at radius 2 is 0.829 bits per heavy atom. The average molecular weight is 564 g/mol. The largest absolute Gasteiger partial charge is 2.00 e. The molecule has 0 atom stereocenters. The van der Waals surface area contributed by atoms with Crippen LogP contribution in [-0.4, -0.2) is 10.1 Å². The molecule has 4 nitrogen and oxygen atoms in total. The van der Waals surface area contributed by atoms with Crippen LogP contribution in [0.4, 0.5) is 0 Å². The average Bonchev–Trinajstić information content (AvgIpc) is 3.61. The monoisotopic (exact) mass is 563 g/mol. The van der Waals surface area contributed by atoms with Crippen LogP contribution in [0.5, 0.6) is 11.5 Å². The molecule has 0 aliphatic carbocycles. The molecule has 0 radical (unpaired) electrons. The number of nitrogens with one attached hydrogen (secondary N) is 2. The molecule has 2 N–H and O–H groups in total. The summed E-state index contributed by atoms with van der Waals surface area (Å²) in [5, 5.41) is 30.6. The van der Waals surface area contributed by atoms with Crippen molar-refractivity contribution in [2.75, 3.05) is 0 Å². The fraction of sp³-hybridized carbons (Fsp3) is 0. The Morgan fingerprint density at radius 1 is 0.439 bits per heavy atom. The number of aromatic nitrogens is 2. The first-order valence-corrected chi connectivity index (χ1v) is 14.5. The molecular weight excluding hydrogens is 542 g/mol. The summed E-state index contributed by atoms with van der Waals surface area (Å²) in [6.07, 6.45) is 0. The van der Waals surface area contributed by atoms with Crippen molar-refractivity contribution in [3.05, 3.63) is 121 Å². The van der Waals surface area contributed by atoms with E-state index in [0.29, 0.717) is 0 Å². The third-order valence-electron chi connectivity index (χ3n) is 6.93. The van der Waals surface area contributed by atoms with Crippen LogP contribution in [0.1, 0.15) is 0 Å². The zero-order chi connectivity index (χ0) is 27.1. The van der Waals surface area contributed by atoms with Crippen molar-refractivity contribution in [1.29, 1.82) is 0 Å². The second kappa shape index (κ2) is 11.1. The predicted octanol–water partition coefficient (Wildman–Crippen LogP) is 6.84. The molecule has 8 rings (SSSR count). The molecule has 0 saturated heterocycles. The van der Waals surface area contributed by atoms with Crippen LogP contribution >= 0.6 is 22.7 Å². The van der Waals surface area contributed by atoms with Crippen molar-refractivity contribution in [2.45, 2.75) is 0 Å². The number of thiazole rings is 2. The Balaban J connectivity index is 0.000000144. The van der Waals surface area contributed by atoms with Crippen LogP contribution in [0, 0.1) is 0 Å². The maximum atomic E-state index is 12.3. The summed E-state index contributed by atoms with van der Waals surface area (Å²) in [5.41, 5.74) is 3.67. The van der Waals surface area contributed by atoms with Crippen LogP contribution in [0.3, 0.4) is 0 Å². The molecule has 0 spiro atoms. The molecule has 0 bridgehead atoms. The quantitative estimate of drug-likeness (QED) is 0.216. The molecule has 0 unspecified atom stereocenters. The standard InChI is InChI=1S/2C17H11NOS.Be/c2*19-14-10-9-11-5-1-2-6-12(11)16(14)17-18-13-7-3-4-8-15(13)20-17;/h2*1-10,19H;/q;;+2. The Bertz CT molecular complexity index is 1950. The van der Waals surface area contributed by atoms with Gasteiger partial charge in [-0.15, -0.1) is 0 Å². The summed E-state index contributed by atoms with van der Waals surface area (Å²) in [4.78, 5) is 6.73. The van der Waals surface area contributed by atoms with E-state index in [1.54, 1.807) is 34.8 Å². The predicted molar refractivity (Wildman–Crippen MR) is 167 cm³/mol. The van der Waals surface area contributed by atoms with Crippen LogP contribution in [0.2, 0.25) is 0 Å². The van der Waals surface area contributed by atoms with Crippen molar-refractivity contribution in [1.82, 2.24) is 0 Å². The van der Waals surface area contributed by atoms with Crippen molar-refractivity contribution in [3.8, 4) is 32.6 Å². The van der Waals surface area contributed by atoms with Gasteiger partial charge in [0.25, 0.3) is 10.0 Å². The molecule has 0 aliphatic heterocycles. The van der Waals surface area contributed by atoms with Crippen molar-refractivity contribution >= 4 is 74.8 Å². The minimum Gasteiger partial charge on any atom is -0.872 e. The van der Waals surface area contributed by atoms with Crippen LogP contribution < -0.4 is 20.2 Å². The molecule has 192 valence electrons. The van der Waals surface area contributed by atoms with Crippen molar-refractivity contribution in [2.24, 2.45) is 0 Å². The van der Waals surface area contributed by atoms with Gasteiger partial charge in [0.15, 0.2) is 0 Å². The molecule has 6 aromatic carbocycles. The van der Waals surface area contributed by atoms with Gasteiger partial charge in [0, 0.05) is 12.1 Å². The SMILES string of the molecule is [Be+2].[O-]c1ccc2ccccc2c1-c1[nH+]c2ccccc2s1.[O-]c1ccc2ccccc2c1-c1[nH+]c2ccccc2s1. The third-order valence-corrected chi connectivity index (χ3v) is 9.10. The van der Waals surface area contributed by atoms with E-state index in [2.05, 4.69) is 22.1 Å². The normalized spacial score (nSPS) is 10.9. The van der Waals surface area contributed by atoms with Gasteiger partial charge >= 0.3 is 10.1 Å². The number of aromatic amines is 2. The Morgan fingerprint density at radius 3 is 1.27 bits per heavy atom. The van der Waals surface area contributed by atoms with Gasteiger partial charge in [0.1, 0.15) is 9.40 Å². The van der Waals surface area contributed by atoms with Crippen LogP contribution in [0.25, 0.3) is 63.1 Å². The Hall–Kier alpha value is -4.61. The number of H-pyrrole nitrogens is 2. The van der Waals surface area contributed by atoms with Gasteiger partial charge in [-0.25, -0.2) is 0 Å². The summed E-state index contributed by atoms with van der Waals surface area (Å²) >= 11 is 3.25. The van der Waals surface area contributed by atoms with E-state index in [4.69, 9.17) is 0 Å². The molecule has 0 saturated carbocycles. The molecule has 2 aromatic heterocycles. The Labute approximate surface area is 248 Å². The second-order valence-electron chi connectivity index (χ2n) is 9.42.